The lowest BCUT2D eigenvalue weighted by atomic mass is 10.1. The molecule has 98 valence electrons. The molecule has 1 heterocycles. The van der Waals surface area contributed by atoms with E-state index in [1.54, 1.807) is 12.1 Å². The van der Waals surface area contributed by atoms with Crippen molar-refractivity contribution >= 4 is 5.69 Å². The highest BCUT2D eigenvalue weighted by Crippen LogP contribution is 2.26. The molecule has 1 saturated heterocycles. The van der Waals surface area contributed by atoms with Crippen LogP contribution in [0.1, 0.15) is 25.5 Å². The summed E-state index contributed by atoms with van der Waals surface area (Å²) in [6.07, 6.45) is 0.0157. The van der Waals surface area contributed by atoms with Gasteiger partial charge in [0.15, 0.2) is 0 Å². The molecule has 0 aromatic heterocycles. The molecule has 2 atom stereocenters. The summed E-state index contributed by atoms with van der Waals surface area (Å²) >= 11 is 0. The van der Waals surface area contributed by atoms with E-state index in [1.165, 1.54) is 12.1 Å². The second-order valence-corrected chi connectivity index (χ2v) is 4.61. The largest absolute Gasteiger partial charge is 0.371 e. The van der Waals surface area contributed by atoms with Gasteiger partial charge in [-0.1, -0.05) is 6.92 Å². The van der Waals surface area contributed by atoms with Crippen LogP contribution in [0.25, 0.3) is 0 Å². The van der Waals surface area contributed by atoms with Crippen molar-refractivity contribution in [3.05, 3.63) is 39.9 Å². The molecule has 18 heavy (non-hydrogen) atoms. The van der Waals surface area contributed by atoms with Crippen LogP contribution < -0.4 is 0 Å². The first-order valence-corrected chi connectivity index (χ1v) is 6.21. The van der Waals surface area contributed by atoms with Gasteiger partial charge in [0.1, 0.15) is 0 Å². The average molecular weight is 250 g/mol. The van der Waals surface area contributed by atoms with Crippen molar-refractivity contribution in [1.29, 1.82) is 0 Å². The number of nitrogens with zero attached hydrogens (tertiary/aromatic N) is 2. The maximum Gasteiger partial charge on any atom is 0.269 e. The summed E-state index contributed by atoms with van der Waals surface area (Å²) < 4.78 is 5.80. The van der Waals surface area contributed by atoms with Gasteiger partial charge in [0, 0.05) is 24.7 Å². The molecule has 0 N–H and O–H groups in total. The molecule has 0 aliphatic carbocycles. The molecule has 0 radical (unpaired) electrons. The Morgan fingerprint density at radius 3 is 2.67 bits per heavy atom. The minimum Gasteiger partial charge on any atom is -0.371 e. The maximum absolute atomic E-state index is 10.6. The van der Waals surface area contributed by atoms with Crippen LogP contribution in [0.5, 0.6) is 0 Å². The molecule has 0 saturated carbocycles. The standard InChI is InChI=1S/C13H18N2O3/c1-3-14-8-13(18-9-10(14)2)11-4-6-12(7-5-11)15(16)17/h4-7,10,13H,3,8-9H2,1-2H3. The maximum atomic E-state index is 10.6. The van der Waals surface area contributed by atoms with Crippen LogP contribution in [0.3, 0.4) is 0 Å². The summed E-state index contributed by atoms with van der Waals surface area (Å²) in [6, 6.07) is 7.07. The van der Waals surface area contributed by atoms with Gasteiger partial charge in [0.25, 0.3) is 5.69 Å². The third-order valence-electron chi connectivity index (χ3n) is 3.44. The molecule has 1 aliphatic rings. The van der Waals surface area contributed by atoms with Crippen LogP contribution in [-0.4, -0.2) is 35.6 Å². The van der Waals surface area contributed by atoms with Gasteiger partial charge in [0.05, 0.1) is 17.6 Å². The minimum atomic E-state index is -0.383. The van der Waals surface area contributed by atoms with Gasteiger partial charge in [-0.15, -0.1) is 0 Å². The number of hydrogen-bond acceptors (Lipinski definition) is 4. The molecule has 1 fully saturated rings. The van der Waals surface area contributed by atoms with Crippen molar-refractivity contribution in [2.75, 3.05) is 19.7 Å². The molecular formula is C13H18N2O3. The van der Waals surface area contributed by atoms with Gasteiger partial charge in [-0.05, 0) is 31.2 Å². The second-order valence-electron chi connectivity index (χ2n) is 4.61. The van der Waals surface area contributed by atoms with E-state index in [9.17, 15) is 10.1 Å². The Hall–Kier alpha value is -1.46. The number of rotatable bonds is 3. The number of nitro groups is 1. The summed E-state index contributed by atoms with van der Waals surface area (Å²) in [4.78, 5) is 12.6. The number of likely N-dealkylation sites (N-methyl/N-ethyl adjacent to an activating group) is 1. The van der Waals surface area contributed by atoms with Crippen LogP contribution in [0.4, 0.5) is 5.69 Å². The number of morpholine rings is 1. The lowest BCUT2D eigenvalue weighted by Gasteiger charge is -2.37. The number of ether oxygens (including phenoxy) is 1. The fourth-order valence-electron chi connectivity index (χ4n) is 2.26. The SMILES string of the molecule is CCN1CC(c2ccc([N+](=O)[O-])cc2)OCC1C. The van der Waals surface area contributed by atoms with E-state index < -0.39 is 0 Å². The fraction of sp³-hybridized carbons (Fsp3) is 0.538. The molecular weight excluding hydrogens is 232 g/mol. The van der Waals surface area contributed by atoms with Crippen LogP contribution in [0.15, 0.2) is 24.3 Å². The van der Waals surface area contributed by atoms with E-state index >= 15 is 0 Å². The van der Waals surface area contributed by atoms with E-state index in [0.717, 1.165) is 18.7 Å². The zero-order valence-electron chi connectivity index (χ0n) is 10.7. The topological polar surface area (TPSA) is 55.6 Å². The second kappa shape index (κ2) is 5.46. The molecule has 1 aromatic rings. The summed E-state index contributed by atoms with van der Waals surface area (Å²) in [5.74, 6) is 0. The third kappa shape index (κ3) is 2.68. The average Bonchev–Trinajstić information content (AvgIpc) is 2.39. The first-order valence-electron chi connectivity index (χ1n) is 6.21. The number of nitro benzene ring substituents is 1. The Bertz CT molecular complexity index is 419. The molecule has 5 nitrogen and oxygen atoms in total. The van der Waals surface area contributed by atoms with E-state index in [0.29, 0.717) is 12.6 Å². The molecule has 2 unspecified atom stereocenters. The summed E-state index contributed by atoms with van der Waals surface area (Å²) in [7, 11) is 0. The Labute approximate surface area is 107 Å². The lowest BCUT2D eigenvalue weighted by molar-refractivity contribution is -0.384. The van der Waals surface area contributed by atoms with Crippen molar-refractivity contribution in [2.45, 2.75) is 26.0 Å². The Morgan fingerprint density at radius 2 is 2.11 bits per heavy atom. The van der Waals surface area contributed by atoms with E-state index in [1.807, 2.05) is 0 Å². The van der Waals surface area contributed by atoms with Crippen molar-refractivity contribution < 1.29 is 9.66 Å². The molecule has 1 aliphatic heterocycles. The monoisotopic (exact) mass is 250 g/mol. The third-order valence-corrected chi connectivity index (χ3v) is 3.44. The van der Waals surface area contributed by atoms with E-state index in [2.05, 4.69) is 18.7 Å². The molecule has 0 spiro atoms. The van der Waals surface area contributed by atoms with Crippen LogP contribution in [-0.2, 0) is 4.74 Å². The van der Waals surface area contributed by atoms with Gasteiger partial charge in [-0.2, -0.15) is 0 Å². The van der Waals surface area contributed by atoms with Crippen LogP contribution in [0, 0.1) is 10.1 Å². The van der Waals surface area contributed by atoms with E-state index in [4.69, 9.17) is 4.74 Å². The summed E-state index contributed by atoms with van der Waals surface area (Å²) in [6.45, 7) is 6.82. The quantitative estimate of drug-likeness (QED) is 0.610. The zero-order chi connectivity index (χ0) is 13.1. The normalized spacial score (nSPS) is 25.0. The number of hydrogen-bond donors (Lipinski definition) is 0. The minimum absolute atomic E-state index is 0.0157. The molecule has 0 bridgehead atoms. The van der Waals surface area contributed by atoms with Crippen LogP contribution >= 0.6 is 0 Å². The summed E-state index contributed by atoms with van der Waals surface area (Å²) in [5.41, 5.74) is 1.13. The van der Waals surface area contributed by atoms with Gasteiger partial charge < -0.3 is 4.74 Å². The molecule has 2 rings (SSSR count). The van der Waals surface area contributed by atoms with Gasteiger partial charge in [-0.25, -0.2) is 0 Å². The van der Waals surface area contributed by atoms with E-state index in [-0.39, 0.29) is 16.7 Å². The molecule has 5 heteroatoms. The van der Waals surface area contributed by atoms with Crippen LogP contribution in [0.2, 0.25) is 0 Å². The van der Waals surface area contributed by atoms with Gasteiger partial charge in [-0.3, -0.25) is 15.0 Å². The number of benzene rings is 1. The predicted octanol–water partition coefficient (Wildman–Crippen LogP) is 2.38. The van der Waals surface area contributed by atoms with Gasteiger partial charge in [0.2, 0.25) is 0 Å². The predicted molar refractivity (Wildman–Crippen MR) is 68.5 cm³/mol. The first-order chi connectivity index (χ1) is 8.61. The van der Waals surface area contributed by atoms with Crippen molar-refractivity contribution in [3.8, 4) is 0 Å². The van der Waals surface area contributed by atoms with Gasteiger partial charge >= 0.3 is 0 Å². The highest BCUT2D eigenvalue weighted by molar-refractivity contribution is 5.34. The Morgan fingerprint density at radius 1 is 1.44 bits per heavy atom. The van der Waals surface area contributed by atoms with Crippen molar-refractivity contribution in [3.63, 3.8) is 0 Å². The first kappa shape index (κ1) is 13.0. The highest BCUT2D eigenvalue weighted by atomic mass is 16.6. The Kier molecular flexibility index (Phi) is 3.93. The Balaban J connectivity index is 2.09. The number of non-ortho nitro benzene ring substituents is 1. The smallest absolute Gasteiger partial charge is 0.269 e. The van der Waals surface area contributed by atoms with Crippen molar-refractivity contribution in [2.24, 2.45) is 0 Å². The molecule has 0 amide bonds. The fourth-order valence-corrected chi connectivity index (χ4v) is 2.26. The molecule has 1 aromatic carbocycles. The van der Waals surface area contributed by atoms with Crippen molar-refractivity contribution in [1.82, 2.24) is 4.90 Å². The zero-order valence-corrected chi connectivity index (χ0v) is 10.7. The summed E-state index contributed by atoms with van der Waals surface area (Å²) in [5, 5.41) is 10.6. The lowest BCUT2D eigenvalue weighted by Crippen LogP contribution is -2.44. The highest BCUT2D eigenvalue weighted by Gasteiger charge is 2.26.